The summed E-state index contributed by atoms with van der Waals surface area (Å²) in [5, 5.41) is 0. The van der Waals surface area contributed by atoms with Gasteiger partial charge in [-0.15, -0.1) is 24.8 Å². The number of carbonyl (C=O) groups is 1. The zero-order valence-corrected chi connectivity index (χ0v) is 12.0. The van der Waals surface area contributed by atoms with Gasteiger partial charge in [0.25, 0.3) is 0 Å². The molecule has 1 aromatic heterocycles. The van der Waals surface area contributed by atoms with Crippen molar-refractivity contribution in [2.24, 2.45) is 0 Å². The van der Waals surface area contributed by atoms with Gasteiger partial charge in [0.15, 0.2) is 11.5 Å². The Hall–Kier alpha value is -1.70. The Bertz CT molecular complexity index is 508. The Kier molecular flexibility index (Phi) is 6.07. The Morgan fingerprint density at radius 2 is 2.10 bits per heavy atom. The van der Waals surface area contributed by atoms with Crippen LogP contribution in [0.15, 0.2) is 6.07 Å². The highest BCUT2D eigenvalue weighted by atomic mass is 35.5. The lowest BCUT2D eigenvalue weighted by Gasteiger charge is -2.15. The zero-order valence-electron chi connectivity index (χ0n) is 11.3. The third-order valence-electron chi connectivity index (χ3n) is 2.25. The van der Waals surface area contributed by atoms with Crippen LogP contribution in [-0.4, -0.2) is 31.0 Å². The van der Waals surface area contributed by atoms with E-state index in [9.17, 15) is 18.0 Å². The predicted octanol–water partition coefficient (Wildman–Crippen LogP) is 2.83. The fourth-order valence-corrected chi connectivity index (χ4v) is 1.76. The molecule has 0 aliphatic carbocycles. The molecule has 0 aliphatic heterocycles. The number of ether oxygens (including phenoxy) is 3. The highest BCUT2D eigenvalue weighted by Gasteiger charge is 2.33. The third kappa shape index (κ3) is 5.30. The third-order valence-corrected chi connectivity index (χ3v) is 2.50. The quantitative estimate of drug-likeness (QED) is 0.594. The van der Waals surface area contributed by atoms with Crippen LogP contribution in [0.2, 0.25) is 0 Å². The highest BCUT2D eigenvalue weighted by Crippen LogP contribution is 2.35. The molecule has 21 heavy (non-hydrogen) atoms. The van der Waals surface area contributed by atoms with Crippen molar-refractivity contribution in [2.45, 2.75) is 25.6 Å². The summed E-state index contributed by atoms with van der Waals surface area (Å²) in [6, 6.07) is 0.972. The smallest absolute Gasteiger partial charge is 0.491 e. The number of hydrogen-bond donors (Lipinski definition) is 0. The monoisotopic (exact) mass is 327 g/mol. The second-order valence-electron chi connectivity index (χ2n) is 3.75. The number of methoxy groups -OCH3 is 1. The first-order chi connectivity index (χ1) is 9.80. The second-order valence-corrected chi connectivity index (χ2v) is 4.02. The van der Waals surface area contributed by atoms with Gasteiger partial charge < -0.3 is 14.2 Å². The topological polar surface area (TPSA) is 57.7 Å². The molecule has 0 unspecified atom stereocenters. The highest BCUT2D eigenvalue weighted by molar-refractivity contribution is 6.17. The molecule has 5 nitrogen and oxygen atoms in total. The number of nitrogens with zero attached hydrogens (tertiary/aromatic N) is 1. The first-order valence-electron chi connectivity index (χ1n) is 5.84. The lowest BCUT2D eigenvalue weighted by atomic mass is 10.2. The van der Waals surface area contributed by atoms with Crippen LogP contribution in [0.4, 0.5) is 13.2 Å². The average Bonchev–Trinajstić information content (AvgIpc) is 2.36. The van der Waals surface area contributed by atoms with E-state index in [0.29, 0.717) is 0 Å². The van der Waals surface area contributed by atoms with Crippen LogP contribution in [0.1, 0.15) is 18.3 Å². The molecule has 0 fully saturated rings. The van der Waals surface area contributed by atoms with Gasteiger partial charge in [-0.05, 0) is 6.92 Å². The fraction of sp³-hybridized carbons (Fsp3) is 0.500. The van der Waals surface area contributed by atoms with Crippen LogP contribution in [0.3, 0.4) is 0 Å². The van der Waals surface area contributed by atoms with Crippen molar-refractivity contribution >= 4 is 17.6 Å². The standard InChI is InChI=1S/C12H13ClF3NO4/c1-3-20-10(18)5-7-4-9(21-12(14,15)16)11(19-2)8(6-13)17-7/h4H,3,5-6H2,1-2H3. The largest absolute Gasteiger partial charge is 0.573 e. The number of pyridine rings is 1. The van der Waals surface area contributed by atoms with E-state index >= 15 is 0 Å². The molecule has 0 atom stereocenters. The van der Waals surface area contributed by atoms with E-state index in [0.717, 1.165) is 6.07 Å². The van der Waals surface area contributed by atoms with Gasteiger partial charge in [-0.3, -0.25) is 9.78 Å². The van der Waals surface area contributed by atoms with Crippen molar-refractivity contribution < 1.29 is 32.2 Å². The normalized spacial score (nSPS) is 11.1. The summed E-state index contributed by atoms with van der Waals surface area (Å²) >= 11 is 5.63. The van der Waals surface area contributed by atoms with Gasteiger partial charge in [0, 0.05) is 6.07 Å². The van der Waals surface area contributed by atoms with Crippen LogP contribution in [-0.2, 0) is 21.8 Å². The van der Waals surface area contributed by atoms with E-state index in [2.05, 4.69) is 9.72 Å². The van der Waals surface area contributed by atoms with Gasteiger partial charge in [-0.25, -0.2) is 0 Å². The number of rotatable bonds is 6. The maximum atomic E-state index is 12.4. The molecule has 1 aromatic rings. The molecule has 118 valence electrons. The van der Waals surface area contributed by atoms with Crippen LogP contribution < -0.4 is 9.47 Å². The van der Waals surface area contributed by atoms with Crippen LogP contribution in [0.5, 0.6) is 11.5 Å². The minimum absolute atomic E-state index is 0.0419. The molecule has 0 aliphatic rings. The van der Waals surface area contributed by atoms with Crippen molar-refractivity contribution in [1.29, 1.82) is 0 Å². The molecule has 0 amide bonds. The summed E-state index contributed by atoms with van der Waals surface area (Å²) in [6.45, 7) is 1.77. The van der Waals surface area contributed by atoms with Crippen LogP contribution in [0.25, 0.3) is 0 Å². The summed E-state index contributed by atoms with van der Waals surface area (Å²) in [6.07, 6.45) is -5.20. The number of halogens is 4. The number of alkyl halides is 4. The summed E-state index contributed by atoms with van der Waals surface area (Å²) in [4.78, 5) is 15.3. The SMILES string of the molecule is CCOC(=O)Cc1cc(OC(F)(F)F)c(OC)c(CCl)n1. The van der Waals surface area contributed by atoms with Gasteiger partial charge in [0.2, 0.25) is 0 Å². The van der Waals surface area contributed by atoms with E-state index in [1.165, 1.54) is 7.11 Å². The Labute approximate surface area is 124 Å². The maximum Gasteiger partial charge on any atom is 0.573 e. The molecular weight excluding hydrogens is 315 g/mol. The molecule has 9 heteroatoms. The Balaban J connectivity index is 3.16. The minimum atomic E-state index is -4.90. The molecular formula is C12H13ClF3NO4. The molecule has 0 saturated heterocycles. The van der Waals surface area contributed by atoms with E-state index in [1.807, 2.05) is 0 Å². The number of esters is 1. The van der Waals surface area contributed by atoms with Crippen molar-refractivity contribution in [2.75, 3.05) is 13.7 Å². The van der Waals surface area contributed by atoms with Gasteiger partial charge in [0.05, 0.1) is 31.7 Å². The van der Waals surface area contributed by atoms with Gasteiger partial charge in [-0.1, -0.05) is 0 Å². The Morgan fingerprint density at radius 1 is 1.43 bits per heavy atom. The molecule has 1 rings (SSSR count). The lowest BCUT2D eigenvalue weighted by Crippen LogP contribution is -2.19. The number of carbonyl (C=O) groups excluding carboxylic acids is 1. The predicted molar refractivity (Wildman–Crippen MR) is 67.4 cm³/mol. The molecule has 0 bridgehead atoms. The summed E-state index contributed by atoms with van der Waals surface area (Å²) in [5.41, 5.74) is 0.0874. The average molecular weight is 328 g/mol. The van der Waals surface area contributed by atoms with Gasteiger partial charge in [-0.2, -0.15) is 0 Å². The lowest BCUT2D eigenvalue weighted by molar-refractivity contribution is -0.275. The van der Waals surface area contributed by atoms with E-state index in [-0.39, 0.29) is 36.0 Å². The molecule has 0 radical (unpaired) electrons. The summed E-state index contributed by atoms with van der Waals surface area (Å²) in [5.74, 6) is -1.65. The Morgan fingerprint density at radius 3 is 2.57 bits per heavy atom. The molecule has 0 N–H and O–H groups in total. The van der Waals surface area contributed by atoms with Crippen molar-refractivity contribution in [1.82, 2.24) is 4.98 Å². The molecule has 0 saturated carbocycles. The van der Waals surface area contributed by atoms with Crippen molar-refractivity contribution in [3.63, 3.8) is 0 Å². The summed E-state index contributed by atoms with van der Waals surface area (Å²) < 4.78 is 50.6. The summed E-state index contributed by atoms with van der Waals surface area (Å²) in [7, 11) is 1.17. The van der Waals surface area contributed by atoms with Gasteiger partial charge >= 0.3 is 12.3 Å². The number of hydrogen-bond acceptors (Lipinski definition) is 5. The maximum absolute atomic E-state index is 12.4. The van der Waals surface area contributed by atoms with Gasteiger partial charge in [0.1, 0.15) is 5.69 Å². The van der Waals surface area contributed by atoms with Crippen molar-refractivity contribution in [3.8, 4) is 11.5 Å². The van der Waals surface area contributed by atoms with E-state index < -0.39 is 18.1 Å². The molecule has 1 heterocycles. The fourth-order valence-electron chi connectivity index (χ4n) is 1.58. The van der Waals surface area contributed by atoms with Crippen LogP contribution >= 0.6 is 11.6 Å². The first-order valence-corrected chi connectivity index (χ1v) is 6.38. The molecule has 0 spiro atoms. The van der Waals surface area contributed by atoms with E-state index in [4.69, 9.17) is 21.1 Å². The van der Waals surface area contributed by atoms with E-state index in [1.54, 1.807) is 6.92 Å². The van der Waals surface area contributed by atoms with Crippen LogP contribution in [0, 0.1) is 0 Å². The second kappa shape index (κ2) is 7.35. The first kappa shape index (κ1) is 17.4. The molecule has 0 aromatic carbocycles. The van der Waals surface area contributed by atoms with Crippen molar-refractivity contribution in [3.05, 3.63) is 17.5 Å². The zero-order chi connectivity index (χ0) is 16.0. The number of aromatic nitrogens is 1. The minimum Gasteiger partial charge on any atom is -0.491 e.